The summed E-state index contributed by atoms with van der Waals surface area (Å²) in [5, 5.41) is 13.9. The Morgan fingerprint density at radius 3 is 2.83 bits per heavy atom. The van der Waals surface area contributed by atoms with Gasteiger partial charge >= 0.3 is 0 Å². The first-order valence-corrected chi connectivity index (χ1v) is 13.5. The van der Waals surface area contributed by atoms with E-state index in [9.17, 15) is 10.1 Å². The lowest BCUT2D eigenvalue weighted by Crippen LogP contribution is -2.41. The van der Waals surface area contributed by atoms with Crippen molar-refractivity contribution in [1.82, 2.24) is 15.3 Å². The molecule has 8 nitrogen and oxygen atoms in total. The highest BCUT2D eigenvalue weighted by Gasteiger charge is 2.46. The Bertz CT molecular complexity index is 1290. The molecule has 1 aliphatic heterocycles. The van der Waals surface area contributed by atoms with Crippen molar-refractivity contribution in [3.05, 3.63) is 57.4 Å². The second-order valence-corrected chi connectivity index (χ2v) is 11.1. The van der Waals surface area contributed by atoms with Crippen LogP contribution in [-0.4, -0.2) is 41.4 Å². The number of fused-ring (bicyclic) bond motifs is 2. The van der Waals surface area contributed by atoms with Gasteiger partial charge in [0.15, 0.2) is 0 Å². The molecule has 3 heterocycles. The van der Waals surface area contributed by atoms with Crippen molar-refractivity contribution < 1.29 is 4.79 Å². The second kappa shape index (κ2) is 9.68. The summed E-state index contributed by atoms with van der Waals surface area (Å²) in [5.41, 5.74) is 16.4. The van der Waals surface area contributed by atoms with Crippen molar-refractivity contribution in [2.24, 2.45) is 5.73 Å². The number of nitriles is 1. The molecule has 1 spiro atoms. The highest BCUT2D eigenvalue weighted by molar-refractivity contribution is 7.16. The Kier molecular flexibility index (Phi) is 6.58. The first-order valence-electron chi connectivity index (χ1n) is 12.7. The van der Waals surface area contributed by atoms with E-state index in [1.165, 1.54) is 11.3 Å². The van der Waals surface area contributed by atoms with E-state index < -0.39 is 5.41 Å². The molecule has 5 rings (SSSR count). The molecule has 2 aromatic heterocycles. The molecule has 2 aliphatic carbocycles. The summed E-state index contributed by atoms with van der Waals surface area (Å²) in [6, 6.07) is 4.12. The Morgan fingerprint density at radius 1 is 1.31 bits per heavy atom. The molecule has 0 amide bonds. The summed E-state index contributed by atoms with van der Waals surface area (Å²) >= 11 is 1.49. The highest BCUT2D eigenvalue weighted by atomic mass is 32.1. The number of nitrogens with one attached hydrogen (secondary N) is 1. The Labute approximate surface area is 216 Å². The summed E-state index contributed by atoms with van der Waals surface area (Å²) in [5.74, 6) is 0.407. The van der Waals surface area contributed by atoms with Crippen LogP contribution in [0.4, 0.5) is 10.9 Å². The molecule has 3 aliphatic rings. The average Bonchev–Trinajstić information content (AvgIpc) is 3.04. The van der Waals surface area contributed by atoms with E-state index in [1.54, 1.807) is 6.07 Å². The van der Waals surface area contributed by atoms with Crippen molar-refractivity contribution in [2.75, 3.05) is 30.3 Å². The molecule has 9 heteroatoms. The van der Waals surface area contributed by atoms with Gasteiger partial charge in [-0.3, -0.25) is 4.79 Å². The fourth-order valence-corrected chi connectivity index (χ4v) is 7.32. The van der Waals surface area contributed by atoms with E-state index in [0.717, 1.165) is 74.3 Å². The summed E-state index contributed by atoms with van der Waals surface area (Å²) in [6.45, 7) is 8.35. The van der Waals surface area contributed by atoms with Crippen LogP contribution in [0.1, 0.15) is 70.7 Å². The van der Waals surface area contributed by atoms with E-state index in [2.05, 4.69) is 27.8 Å². The van der Waals surface area contributed by atoms with Crippen molar-refractivity contribution in [3.63, 3.8) is 0 Å². The zero-order chi connectivity index (χ0) is 25.4. The van der Waals surface area contributed by atoms with E-state index in [4.69, 9.17) is 16.5 Å². The highest BCUT2D eigenvalue weighted by Crippen LogP contribution is 2.53. The number of carbonyl (C=O) groups is 1. The Balaban J connectivity index is 1.57. The van der Waals surface area contributed by atoms with E-state index in [0.29, 0.717) is 39.9 Å². The smallest absolute Gasteiger partial charge is 0.226 e. The third-order valence-corrected chi connectivity index (χ3v) is 8.94. The minimum Gasteiger partial charge on any atom is -0.401 e. The maximum absolute atomic E-state index is 13.9. The molecule has 0 radical (unpaired) electrons. The van der Waals surface area contributed by atoms with Gasteiger partial charge in [-0.15, -0.1) is 17.9 Å². The van der Waals surface area contributed by atoms with Crippen LogP contribution in [0.3, 0.4) is 0 Å². The molecule has 5 N–H and O–H groups in total. The predicted octanol–water partition coefficient (Wildman–Crippen LogP) is 3.51. The van der Waals surface area contributed by atoms with Crippen LogP contribution < -0.4 is 21.7 Å². The molecule has 2 atom stereocenters. The van der Waals surface area contributed by atoms with Gasteiger partial charge in [-0.2, -0.15) is 5.26 Å². The first-order chi connectivity index (χ1) is 17.4. The minimum atomic E-state index is -0.509. The number of allylic oxidation sites excluding steroid dienone is 2. The van der Waals surface area contributed by atoms with E-state index in [1.807, 2.05) is 13.0 Å². The van der Waals surface area contributed by atoms with Gasteiger partial charge in [0, 0.05) is 40.3 Å². The third kappa shape index (κ3) is 3.98. The zero-order valence-electron chi connectivity index (χ0n) is 20.8. The fraction of sp³-hybridized carbons (Fsp3) is 0.481. The van der Waals surface area contributed by atoms with Gasteiger partial charge in [-0.25, -0.2) is 9.97 Å². The quantitative estimate of drug-likeness (QED) is 0.426. The molecule has 0 aromatic carbocycles. The van der Waals surface area contributed by atoms with Gasteiger partial charge in [0.2, 0.25) is 11.7 Å². The molecule has 0 unspecified atom stereocenters. The molecule has 2 aromatic rings. The number of nitrogens with zero attached hydrogens (tertiary/aromatic N) is 4. The van der Waals surface area contributed by atoms with Crippen molar-refractivity contribution in [1.29, 1.82) is 5.26 Å². The molecule has 0 bridgehead atoms. The van der Waals surface area contributed by atoms with E-state index in [-0.39, 0.29) is 11.8 Å². The van der Waals surface area contributed by atoms with Crippen LogP contribution >= 0.6 is 11.3 Å². The SMILES string of the molecule is C=C[C@H]1CNCCCN1c1nc(C)cc(C(=O)C2=C(N)[C@@]3(CCC2)CCCc2sc(N)c(C#N)c23)n1. The first kappa shape index (κ1) is 24.5. The number of rotatable bonds is 4. The van der Waals surface area contributed by atoms with Crippen LogP contribution in [-0.2, 0) is 11.8 Å². The molecule has 0 saturated carbocycles. The summed E-state index contributed by atoms with van der Waals surface area (Å²) in [7, 11) is 0. The van der Waals surface area contributed by atoms with Crippen molar-refractivity contribution in [2.45, 2.75) is 63.3 Å². The monoisotopic (exact) mass is 503 g/mol. The molecule has 1 saturated heterocycles. The number of nitrogens with two attached hydrogens (primary N) is 2. The lowest BCUT2D eigenvalue weighted by atomic mass is 9.62. The molecular formula is C27H33N7OS. The molecular weight excluding hydrogens is 470 g/mol. The van der Waals surface area contributed by atoms with Crippen LogP contribution in [0.2, 0.25) is 0 Å². The standard InChI is InChI=1S/C27H33N7OS/c1-3-17-15-31-11-6-12-34(17)26-32-16(2)13-20(33-26)23(35)18-7-4-9-27(24(18)29)10-5-8-21-22(27)19(14-28)25(30)36-21/h3,13,17,31H,1,4-12,15,29-30H2,2H3/t17-,27-/m0/s1. The number of aryl methyl sites for hydroxylation is 2. The summed E-state index contributed by atoms with van der Waals surface area (Å²) in [6.07, 6.45) is 7.79. The van der Waals surface area contributed by atoms with Crippen LogP contribution in [0.5, 0.6) is 0 Å². The topological polar surface area (TPSA) is 134 Å². The fourth-order valence-electron chi connectivity index (χ4n) is 6.16. The van der Waals surface area contributed by atoms with Crippen LogP contribution in [0.25, 0.3) is 0 Å². The third-order valence-electron chi connectivity index (χ3n) is 7.86. The van der Waals surface area contributed by atoms with Crippen molar-refractivity contribution >= 4 is 28.1 Å². The summed E-state index contributed by atoms with van der Waals surface area (Å²) < 4.78 is 0. The Morgan fingerprint density at radius 2 is 2.08 bits per heavy atom. The zero-order valence-corrected chi connectivity index (χ0v) is 21.6. The van der Waals surface area contributed by atoms with Gasteiger partial charge in [-0.1, -0.05) is 6.08 Å². The maximum atomic E-state index is 13.9. The number of hydrogen-bond donors (Lipinski definition) is 3. The van der Waals surface area contributed by atoms with Gasteiger partial charge in [0.25, 0.3) is 0 Å². The van der Waals surface area contributed by atoms with Crippen molar-refractivity contribution in [3.8, 4) is 6.07 Å². The van der Waals surface area contributed by atoms with Gasteiger partial charge < -0.3 is 21.7 Å². The number of carbonyl (C=O) groups excluding carboxylic acids is 1. The number of anilines is 2. The average molecular weight is 504 g/mol. The normalized spacial score (nSPS) is 24.2. The molecule has 1 fully saturated rings. The number of Topliss-reactive ketones (excluding diaryl/α,β-unsaturated/α-hetero) is 1. The number of aromatic nitrogens is 2. The van der Waals surface area contributed by atoms with Crippen LogP contribution in [0, 0.1) is 18.3 Å². The Hall–Kier alpha value is -3.22. The molecule has 36 heavy (non-hydrogen) atoms. The maximum Gasteiger partial charge on any atom is 0.226 e. The lowest BCUT2D eigenvalue weighted by Gasteiger charge is -2.42. The second-order valence-electron chi connectivity index (χ2n) is 10.0. The number of ketones is 1. The minimum absolute atomic E-state index is 0.0496. The van der Waals surface area contributed by atoms with Gasteiger partial charge in [0.05, 0.1) is 11.6 Å². The molecule has 188 valence electrons. The van der Waals surface area contributed by atoms with Gasteiger partial charge in [0.1, 0.15) is 16.8 Å². The lowest BCUT2D eigenvalue weighted by molar-refractivity contribution is 0.101. The number of hydrogen-bond acceptors (Lipinski definition) is 9. The van der Waals surface area contributed by atoms with E-state index >= 15 is 0 Å². The predicted molar refractivity (Wildman–Crippen MR) is 143 cm³/mol. The van der Waals surface area contributed by atoms with Gasteiger partial charge in [-0.05, 0) is 70.0 Å². The largest absolute Gasteiger partial charge is 0.401 e. The number of thiophene rings is 1. The number of nitrogen functional groups attached to an aromatic ring is 1. The summed E-state index contributed by atoms with van der Waals surface area (Å²) in [4.78, 5) is 26.6. The van der Waals surface area contributed by atoms with Crippen LogP contribution in [0.15, 0.2) is 30.0 Å².